The Hall–Kier alpha value is -1.58. The fourth-order valence-corrected chi connectivity index (χ4v) is 1.06. The molecule has 0 aromatic carbocycles. The van der Waals surface area contributed by atoms with Gasteiger partial charge in [-0.1, -0.05) is 0 Å². The van der Waals surface area contributed by atoms with Gasteiger partial charge in [0.1, 0.15) is 12.2 Å². The van der Waals surface area contributed by atoms with Gasteiger partial charge >= 0.3 is 11.9 Å². The molecule has 1 aliphatic heterocycles. The van der Waals surface area contributed by atoms with Crippen LogP contribution in [0.3, 0.4) is 0 Å². The van der Waals surface area contributed by atoms with E-state index in [2.05, 4.69) is 4.74 Å². The van der Waals surface area contributed by atoms with Gasteiger partial charge in [0, 0.05) is 6.20 Å². The molecule has 1 aliphatic rings. The van der Waals surface area contributed by atoms with Crippen LogP contribution in [-0.4, -0.2) is 16.5 Å². The molecule has 0 spiro atoms. The number of nitrogens with zero attached hydrogens (tertiary/aromatic N) is 1. The highest BCUT2D eigenvalue weighted by Gasteiger charge is 2.23. The van der Waals surface area contributed by atoms with Crippen molar-refractivity contribution >= 4 is 11.9 Å². The Kier molecular flexibility index (Phi) is 1.09. The first-order valence-corrected chi connectivity index (χ1v) is 3.17. The lowest BCUT2D eigenvalue weighted by molar-refractivity contribution is -0.139. The molecule has 11 heavy (non-hydrogen) atoms. The number of hydrogen-bond acceptors (Lipinski definition) is 3. The zero-order valence-electron chi connectivity index (χ0n) is 5.61. The fourth-order valence-electron chi connectivity index (χ4n) is 1.06. The lowest BCUT2D eigenvalue weighted by Crippen LogP contribution is -2.26. The van der Waals surface area contributed by atoms with Gasteiger partial charge in [-0.3, -0.25) is 0 Å². The monoisotopic (exact) mass is 151 g/mol. The average molecular weight is 151 g/mol. The third-order valence-corrected chi connectivity index (χ3v) is 1.54. The van der Waals surface area contributed by atoms with E-state index in [0.29, 0.717) is 5.69 Å². The van der Waals surface area contributed by atoms with Gasteiger partial charge in [0.2, 0.25) is 0 Å². The maximum absolute atomic E-state index is 10.9. The van der Waals surface area contributed by atoms with Gasteiger partial charge in [-0.2, -0.15) is 0 Å². The number of aromatic nitrogens is 1. The summed E-state index contributed by atoms with van der Waals surface area (Å²) in [6.45, 7) is 0.133. The highest BCUT2D eigenvalue weighted by molar-refractivity contribution is 5.98. The van der Waals surface area contributed by atoms with Crippen LogP contribution in [0.15, 0.2) is 18.3 Å². The number of rotatable bonds is 0. The van der Waals surface area contributed by atoms with Crippen molar-refractivity contribution in [3.63, 3.8) is 0 Å². The Labute approximate surface area is 62.4 Å². The van der Waals surface area contributed by atoms with E-state index in [-0.39, 0.29) is 6.54 Å². The highest BCUT2D eigenvalue weighted by Crippen LogP contribution is 2.09. The lowest BCUT2D eigenvalue weighted by atomic mass is 10.4. The number of fused-ring (bicyclic) bond motifs is 1. The molecular formula is C7H5NO3. The normalized spacial score (nSPS) is 16.0. The summed E-state index contributed by atoms with van der Waals surface area (Å²) in [4.78, 5) is 21.6. The molecule has 0 fully saturated rings. The van der Waals surface area contributed by atoms with Crippen LogP contribution in [-0.2, 0) is 16.1 Å². The molecule has 1 aromatic rings. The fraction of sp³-hybridized carbons (Fsp3) is 0.143. The molecule has 0 radical (unpaired) electrons. The standard InChI is InChI=1S/C7H5NO3/c9-6-4-8-3-1-2-5(8)7(10)11-6/h1-3H,4H2. The Morgan fingerprint density at radius 1 is 1.45 bits per heavy atom. The molecule has 0 saturated heterocycles. The van der Waals surface area contributed by atoms with Crippen LogP contribution in [0.4, 0.5) is 0 Å². The summed E-state index contributed by atoms with van der Waals surface area (Å²) in [7, 11) is 0. The van der Waals surface area contributed by atoms with Crippen LogP contribution in [0.1, 0.15) is 10.5 Å². The van der Waals surface area contributed by atoms with Gasteiger partial charge in [0.25, 0.3) is 0 Å². The second-order valence-electron chi connectivity index (χ2n) is 2.28. The summed E-state index contributed by atoms with van der Waals surface area (Å²) in [5.41, 5.74) is 0.435. The molecule has 0 amide bonds. The number of cyclic esters (lactones) is 2. The molecule has 2 heterocycles. The van der Waals surface area contributed by atoms with Gasteiger partial charge in [-0.15, -0.1) is 0 Å². The zero-order chi connectivity index (χ0) is 7.84. The van der Waals surface area contributed by atoms with Gasteiger partial charge in [-0.05, 0) is 12.1 Å². The molecule has 0 bridgehead atoms. The highest BCUT2D eigenvalue weighted by atomic mass is 16.6. The second kappa shape index (κ2) is 1.95. The van der Waals surface area contributed by atoms with E-state index in [1.54, 1.807) is 22.9 Å². The Balaban J connectivity index is 2.52. The summed E-state index contributed by atoms with van der Waals surface area (Å²) in [6, 6.07) is 3.32. The van der Waals surface area contributed by atoms with Crippen molar-refractivity contribution in [1.29, 1.82) is 0 Å². The van der Waals surface area contributed by atoms with Crippen molar-refractivity contribution in [3.05, 3.63) is 24.0 Å². The predicted octanol–water partition coefficient (Wildman–Crippen LogP) is 0.185. The van der Waals surface area contributed by atoms with Gasteiger partial charge in [-0.25, -0.2) is 9.59 Å². The van der Waals surface area contributed by atoms with Crippen LogP contribution < -0.4 is 0 Å². The largest absolute Gasteiger partial charge is 0.387 e. The topological polar surface area (TPSA) is 48.3 Å². The molecule has 2 rings (SSSR count). The second-order valence-corrected chi connectivity index (χ2v) is 2.28. The molecule has 0 saturated carbocycles. The first-order valence-electron chi connectivity index (χ1n) is 3.17. The van der Waals surface area contributed by atoms with Crippen molar-refractivity contribution in [3.8, 4) is 0 Å². The minimum atomic E-state index is -0.564. The van der Waals surface area contributed by atoms with Crippen molar-refractivity contribution in [2.45, 2.75) is 6.54 Å². The van der Waals surface area contributed by atoms with E-state index in [1.165, 1.54) is 0 Å². The summed E-state index contributed by atoms with van der Waals surface area (Å²) < 4.78 is 5.94. The third-order valence-electron chi connectivity index (χ3n) is 1.54. The van der Waals surface area contributed by atoms with Crippen LogP contribution in [0.2, 0.25) is 0 Å². The first-order chi connectivity index (χ1) is 5.27. The van der Waals surface area contributed by atoms with Gasteiger partial charge in [0.05, 0.1) is 0 Å². The molecule has 0 unspecified atom stereocenters. The van der Waals surface area contributed by atoms with E-state index >= 15 is 0 Å². The maximum Gasteiger partial charge on any atom is 0.362 e. The van der Waals surface area contributed by atoms with Crippen molar-refractivity contribution in [2.75, 3.05) is 0 Å². The van der Waals surface area contributed by atoms with E-state index in [1.807, 2.05) is 0 Å². The van der Waals surface area contributed by atoms with E-state index in [0.717, 1.165) is 0 Å². The number of ether oxygens (including phenoxy) is 1. The number of esters is 2. The quantitative estimate of drug-likeness (QED) is 0.392. The van der Waals surface area contributed by atoms with E-state index in [4.69, 9.17) is 0 Å². The zero-order valence-corrected chi connectivity index (χ0v) is 5.61. The van der Waals surface area contributed by atoms with Crippen molar-refractivity contribution in [2.24, 2.45) is 0 Å². The Morgan fingerprint density at radius 3 is 3.09 bits per heavy atom. The van der Waals surface area contributed by atoms with Crippen LogP contribution >= 0.6 is 0 Å². The summed E-state index contributed by atoms with van der Waals surface area (Å²) in [5.74, 6) is -1.06. The number of carbonyl (C=O) groups excluding carboxylic acids is 2. The Bertz CT molecular complexity index is 326. The third kappa shape index (κ3) is 0.832. The average Bonchev–Trinajstić information content (AvgIpc) is 2.34. The van der Waals surface area contributed by atoms with Gasteiger partial charge in [0.15, 0.2) is 0 Å². The molecule has 1 aromatic heterocycles. The summed E-state index contributed by atoms with van der Waals surface area (Å²) >= 11 is 0. The minimum Gasteiger partial charge on any atom is -0.387 e. The van der Waals surface area contributed by atoms with E-state index < -0.39 is 11.9 Å². The number of carbonyl (C=O) groups is 2. The van der Waals surface area contributed by atoms with Crippen molar-refractivity contribution < 1.29 is 14.3 Å². The first kappa shape index (κ1) is 6.15. The molecular weight excluding hydrogens is 146 g/mol. The molecule has 0 atom stereocenters. The molecule has 0 aliphatic carbocycles. The molecule has 4 nitrogen and oxygen atoms in total. The van der Waals surface area contributed by atoms with Crippen LogP contribution in [0, 0.1) is 0 Å². The Morgan fingerprint density at radius 2 is 2.27 bits per heavy atom. The molecule has 0 N–H and O–H groups in total. The van der Waals surface area contributed by atoms with Crippen LogP contribution in [0.25, 0.3) is 0 Å². The van der Waals surface area contributed by atoms with Crippen LogP contribution in [0.5, 0.6) is 0 Å². The molecule has 4 heteroatoms. The SMILES string of the molecule is O=C1Cn2cccc2C(=O)O1. The maximum atomic E-state index is 10.9. The minimum absolute atomic E-state index is 0.133. The van der Waals surface area contributed by atoms with Crippen molar-refractivity contribution in [1.82, 2.24) is 4.57 Å². The van der Waals surface area contributed by atoms with E-state index in [9.17, 15) is 9.59 Å². The summed E-state index contributed by atoms with van der Waals surface area (Å²) in [5, 5.41) is 0. The molecule has 56 valence electrons. The smallest absolute Gasteiger partial charge is 0.362 e. The predicted molar refractivity (Wildman–Crippen MR) is 34.9 cm³/mol. The number of hydrogen-bond donors (Lipinski definition) is 0. The summed E-state index contributed by atoms with van der Waals surface area (Å²) in [6.07, 6.45) is 1.67. The lowest BCUT2D eigenvalue weighted by Gasteiger charge is -2.12. The van der Waals surface area contributed by atoms with Gasteiger partial charge < -0.3 is 9.30 Å².